The molecule has 1 saturated heterocycles. The molecule has 2 amide bonds. The first kappa shape index (κ1) is 20.1. The van der Waals surface area contributed by atoms with Crippen LogP contribution in [-0.2, 0) is 16.2 Å². The third-order valence-electron chi connectivity index (χ3n) is 3.76. The summed E-state index contributed by atoms with van der Waals surface area (Å²) >= 11 is 4.05. The SMILES string of the molecule is O=C(O)CN1C(=O)S/C(=C/c2ccc(OCc3ccccc3F)c(Br)c2)C1=O. The summed E-state index contributed by atoms with van der Waals surface area (Å²) < 4.78 is 19.9. The standard InChI is InChI=1S/C19H13BrFNO5S/c20-13-7-11(8-16-18(25)22(9-17(23)24)19(26)28-16)5-6-15(13)27-10-12-3-1-2-4-14(12)21/h1-8H,9-10H2,(H,23,24)/b16-8+. The van der Waals surface area contributed by atoms with E-state index in [0.717, 1.165) is 0 Å². The quantitative estimate of drug-likeness (QED) is 0.640. The maximum absolute atomic E-state index is 13.7. The van der Waals surface area contributed by atoms with E-state index in [-0.39, 0.29) is 17.3 Å². The summed E-state index contributed by atoms with van der Waals surface area (Å²) in [6.07, 6.45) is 1.50. The van der Waals surface area contributed by atoms with Crippen LogP contribution in [0.15, 0.2) is 51.8 Å². The smallest absolute Gasteiger partial charge is 0.323 e. The van der Waals surface area contributed by atoms with Crippen molar-refractivity contribution in [1.29, 1.82) is 0 Å². The van der Waals surface area contributed by atoms with Crippen LogP contribution < -0.4 is 4.74 Å². The topological polar surface area (TPSA) is 83.9 Å². The number of carboxylic acid groups (broad SMARTS) is 1. The van der Waals surface area contributed by atoms with Gasteiger partial charge in [0.1, 0.15) is 24.7 Å². The molecule has 0 radical (unpaired) electrons. The monoisotopic (exact) mass is 465 g/mol. The maximum atomic E-state index is 13.7. The number of benzene rings is 2. The van der Waals surface area contributed by atoms with Crippen molar-refractivity contribution in [3.8, 4) is 5.75 Å². The van der Waals surface area contributed by atoms with E-state index in [1.165, 1.54) is 12.1 Å². The van der Waals surface area contributed by atoms with Gasteiger partial charge < -0.3 is 9.84 Å². The largest absolute Gasteiger partial charge is 0.488 e. The molecule has 2 aromatic rings. The lowest BCUT2D eigenvalue weighted by molar-refractivity contribution is -0.140. The second-order valence-electron chi connectivity index (χ2n) is 5.73. The van der Waals surface area contributed by atoms with E-state index in [1.54, 1.807) is 36.4 Å². The fraction of sp³-hybridized carbons (Fsp3) is 0.105. The van der Waals surface area contributed by atoms with Crippen molar-refractivity contribution >= 4 is 50.9 Å². The first-order valence-corrected chi connectivity index (χ1v) is 9.59. The molecule has 1 heterocycles. The number of carboxylic acids is 1. The Morgan fingerprint density at radius 3 is 2.68 bits per heavy atom. The minimum Gasteiger partial charge on any atom is -0.488 e. The van der Waals surface area contributed by atoms with Crippen molar-refractivity contribution in [3.63, 3.8) is 0 Å². The van der Waals surface area contributed by atoms with E-state index in [2.05, 4.69) is 15.9 Å². The third kappa shape index (κ3) is 4.60. The summed E-state index contributed by atoms with van der Waals surface area (Å²) in [6, 6.07) is 11.3. The molecule has 28 heavy (non-hydrogen) atoms. The number of hydrogen-bond donors (Lipinski definition) is 1. The predicted molar refractivity (Wildman–Crippen MR) is 105 cm³/mol. The fourth-order valence-electron chi connectivity index (χ4n) is 2.42. The van der Waals surface area contributed by atoms with Crippen LogP contribution in [0.1, 0.15) is 11.1 Å². The van der Waals surface area contributed by atoms with Crippen LogP contribution in [0.25, 0.3) is 6.08 Å². The number of ether oxygens (including phenoxy) is 1. The van der Waals surface area contributed by atoms with Crippen molar-refractivity contribution in [2.24, 2.45) is 0 Å². The van der Waals surface area contributed by atoms with Crippen molar-refractivity contribution in [2.75, 3.05) is 6.54 Å². The Bertz CT molecular complexity index is 994. The summed E-state index contributed by atoms with van der Waals surface area (Å²) in [7, 11) is 0. The summed E-state index contributed by atoms with van der Waals surface area (Å²) in [6.45, 7) is -0.618. The van der Waals surface area contributed by atoms with Gasteiger partial charge in [-0.05, 0) is 57.5 Å². The molecule has 0 atom stereocenters. The highest BCUT2D eigenvalue weighted by Gasteiger charge is 2.36. The zero-order valence-corrected chi connectivity index (χ0v) is 16.6. The van der Waals surface area contributed by atoms with Crippen molar-refractivity contribution < 1.29 is 28.6 Å². The van der Waals surface area contributed by atoms with E-state index in [9.17, 15) is 18.8 Å². The molecule has 0 saturated carbocycles. The maximum Gasteiger partial charge on any atom is 0.323 e. The molecule has 1 fully saturated rings. The van der Waals surface area contributed by atoms with Gasteiger partial charge in [0.2, 0.25) is 0 Å². The van der Waals surface area contributed by atoms with E-state index in [0.29, 0.717) is 38.0 Å². The highest BCUT2D eigenvalue weighted by atomic mass is 79.9. The minimum absolute atomic E-state index is 0.0543. The van der Waals surface area contributed by atoms with Crippen LogP contribution in [0.2, 0.25) is 0 Å². The van der Waals surface area contributed by atoms with Crippen molar-refractivity contribution in [1.82, 2.24) is 4.90 Å². The van der Waals surface area contributed by atoms with E-state index >= 15 is 0 Å². The van der Waals surface area contributed by atoms with Gasteiger partial charge >= 0.3 is 5.97 Å². The van der Waals surface area contributed by atoms with Gasteiger partial charge in [0.05, 0.1) is 9.38 Å². The number of rotatable bonds is 6. The number of thioether (sulfide) groups is 1. The number of carbonyl (C=O) groups excluding carboxylic acids is 2. The van der Waals surface area contributed by atoms with Gasteiger partial charge in [0.15, 0.2) is 0 Å². The number of carbonyl (C=O) groups is 3. The molecule has 1 aliphatic rings. The van der Waals surface area contributed by atoms with Gasteiger partial charge in [-0.15, -0.1) is 0 Å². The molecule has 0 bridgehead atoms. The molecule has 144 valence electrons. The van der Waals surface area contributed by atoms with Crippen LogP contribution in [0, 0.1) is 5.82 Å². The Morgan fingerprint density at radius 1 is 1.25 bits per heavy atom. The van der Waals surface area contributed by atoms with Crippen LogP contribution >= 0.6 is 27.7 Å². The zero-order valence-electron chi connectivity index (χ0n) is 14.2. The van der Waals surface area contributed by atoms with Gasteiger partial charge in [0, 0.05) is 5.56 Å². The zero-order chi connectivity index (χ0) is 20.3. The lowest BCUT2D eigenvalue weighted by Crippen LogP contribution is -2.33. The fourth-order valence-corrected chi connectivity index (χ4v) is 3.77. The summed E-state index contributed by atoms with van der Waals surface area (Å²) in [5.41, 5.74) is 1.04. The summed E-state index contributed by atoms with van der Waals surface area (Å²) in [5, 5.41) is 8.16. The van der Waals surface area contributed by atoms with Crippen LogP contribution in [0.5, 0.6) is 5.75 Å². The van der Waals surface area contributed by atoms with Crippen LogP contribution in [-0.4, -0.2) is 33.7 Å². The summed E-state index contributed by atoms with van der Waals surface area (Å²) in [4.78, 5) is 35.6. The van der Waals surface area contributed by atoms with Crippen molar-refractivity contribution in [2.45, 2.75) is 6.61 Å². The van der Waals surface area contributed by atoms with Gasteiger partial charge in [-0.3, -0.25) is 19.3 Å². The average Bonchev–Trinajstić information content (AvgIpc) is 2.89. The number of halogens is 2. The Labute approximate surface area is 172 Å². The molecule has 0 unspecified atom stereocenters. The van der Waals surface area contributed by atoms with E-state index in [1.807, 2.05) is 0 Å². The van der Waals surface area contributed by atoms with Gasteiger partial charge in [-0.2, -0.15) is 0 Å². The van der Waals surface area contributed by atoms with Crippen LogP contribution in [0.4, 0.5) is 9.18 Å². The lowest BCUT2D eigenvalue weighted by Gasteiger charge is -2.10. The molecule has 1 N–H and O–H groups in total. The first-order chi connectivity index (χ1) is 13.3. The minimum atomic E-state index is -1.26. The van der Waals surface area contributed by atoms with E-state index < -0.39 is 23.7 Å². The molecule has 0 aliphatic carbocycles. The van der Waals surface area contributed by atoms with Crippen molar-refractivity contribution in [3.05, 3.63) is 68.8 Å². The molecule has 2 aromatic carbocycles. The molecule has 0 spiro atoms. The molecule has 6 nitrogen and oxygen atoms in total. The average molecular weight is 466 g/mol. The van der Waals surface area contributed by atoms with Gasteiger partial charge in [0.25, 0.3) is 11.1 Å². The van der Waals surface area contributed by atoms with Crippen LogP contribution in [0.3, 0.4) is 0 Å². The highest BCUT2D eigenvalue weighted by molar-refractivity contribution is 9.10. The highest BCUT2D eigenvalue weighted by Crippen LogP contribution is 2.34. The summed E-state index contributed by atoms with van der Waals surface area (Å²) in [5.74, 6) is -1.78. The number of amides is 2. The molecule has 9 heteroatoms. The molecule has 1 aliphatic heterocycles. The van der Waals surface area contributed by atoms with Gasteiger partial charge in [-0.25, -0.2) is 4.39 Å². The predicted octanol–water partition coefficient (Wildman–Crippen LogP) is 4.29. The number of aliphatic carboxylic acids is 1. The number of nitrogens with zero attached hydrogens (tertiary/aromatic N) is 1. The lowest BCUT2D eigenvalue weighted by atomic mass is 10.2. The second kappa shape index (κ2) is 8.57. The Hall–Kier alpha value is -2.65. The first-order valence-electron chi connectivity index (χ1n) is 7.98. The Balaban J connectivity index is 1.73. The number of imide groups is 1. The normalized spacial score (nSPS) is 15.4. The second-order valence-corrected chi connectivity index (χ2v) is 7.58. The molecular weight excluding hydrogens is 453 g/mol. The van der Waals surface area contributed by atoms with E-state index in [4.69, 9.17) is 9.84 Å². The Kier molecular flexibility index (Phi) is 6.15. The molecule has 0 aromatic heterocycles. The van der Waals surface area contributed by atoms with Gasteiger partial charge in [-0.1, -0.05) is 24.3 Å². The molecular formula is C19H13BrFNO5S. The number of hydrogen-bond acceptors (Lipinski definition) is 5. The third-order valence-corrected chi connectivity index (χ3v) is 5.29. The molecule has 3 rings (SSSR count). The Morgan fingerprint density at radius 2 is 2.00 bits per heavy atom.